The highest BCUT2D eigenvalue weighted by molar-refractivity contribution is 7.23. The maximum absolute atomic E-state index is 5.41. The van der Waals surface area contributed by atoms with Gasteiger partial charge >= 0.3 is 0 Å². The highest BCUT2D eigenvalue weighted by atomic mass is 32.1. The maximum atomic E-state index is 5.41. The summed E-state index contributed by atoms with van der Waals surface area (Å²) >= 11 is 1.73. The lowest BCUT2D eigenvalue weighted by atomic mass is 10.2. The molecule has 2 N–H and O–H groups in total. The lowest BCUT2D eigenvalue weighted by molar-refractivity contribution is 0.0374. The molecule has 0 amide bonds. The second-order valence-corrected chi connectivity index (χ2v) is 8.01. The molecular formula is C19H22N6OS. The van der Waals surface area contributed by atoms with Gasteiger partial charge in [0.25, 0.3) is 0 Å². The lowest BCUT2D eigenvalue weighted by Crippen LogP contribution is -2.36. The van der Waals surface area contributed by atoms with E-state index < -0.39 is 0 Å². The third kappa shape index (κ3) is 3.24. The van der Waals surface area contributed by atoms with Crippen molar-refractivity contribution < 1.29 is 4.74 Å². The number of rotatable bonds is 5. The molecule has 1 fully saturated rings. The smallest absolute Gasteiger partial charge is 0.111 e. The molecule has 4 aromatic heterocycles. The minimum absolute atomic E-state index is 0.852. The van der Waals surface area contributed by atoms with Gasteiger partial charge in [-0.2, -0.15) is 5.10 Å². The number of morpholine rings is 1. The van der Waals surface area contributed by atoms with Crippen LogP contribution in [-0.2, 0) is 11.2 Å². The number of H-pyrrole nitrogens is 2. The molecule has 140 valence electrons. The Kier molecular flexibility index (Phi) is 4.39. The van der Waals surface area contributed by atoms with Crippen LogP contribution in [0.3, 0.4) is 0 Å². The molecule has 1 saturated heterocycles. The first-order chi connectivity index (χ1) is 13.3. The van der Waals surface area contributed by atoms with Crippen molar-refractivity contribution in [3.8, 4) is 10.6 Å². The number of thiophene rings is 1. The molecular weight excluding hydrogens is 360 g/mol. The fourth-order valence-electron chi connectivity index (χ4n) is 3.66. The number of pyridine rings is 1. The van der Waals surface area contributed by atoms with Gasteiger partial charge < -0.3 is 9.72 Å². The number of ether oxygens (including phenoxy) is 1. The zero-order valence-electron chi connectivity index (χ0n) is 15.3. The molecule has 0 unspecified atom stereocenters. The van der Waals surface area contributed by atoms with E-state index in [-0.39, 0.29) is 0 Å². The molecule has 8 heteroatoms. The molecule has 0 aliphatic carbocycles. The van der Waals surface area contributed by atoms with Crippen LogP contribution < -0.4 is 0 Å². The predicted molar refractivity (Wildman–Crippen MR) is 107 cm³/mol. The second-order valence-electron chi connectivity index (χ2n) is 6.96. The minimum Gasteiger partial charge on any atom is -0.379 e. The van der Waals surface area contributed by atoms with Crippen molar-refractivity contribution in [2.24, 2.45) is 0 Å². The average Bonchev–Trinajstić information content (AvgIpc) is 3.41. The Morgan fingerprint density at radius 1 is 1.26 bits per heavy atom. The van der Waals surface area contributed by atoms with Crippen LogP contribution in [-0.4, -0.2) is 62.9 Å². The van der Waals surface area contributed by atoms with Gasteiger partial charge in [-0.1, -0.05) is 0 Å². The zero-order valence-corrected chi connectivity index (χ0v) is 16.1. The number of imidazole rings is 1. The van der Waals surface area contributed by atoms with Crippen molar-refractivity contribution in [2.45, 2.75) is 19.8 Å². The van der Waals surface area contributed by atoms with Gasteiger partial charge in [0.2, 0.25) is 0 Å². The highest BCUT2D eigenvalue weighted by Crippen LogP contribution is 2.36. The van der Waals surface area contributed by atoms with E-state index in [0.29, 0.717) is 0 Å². The van der Waals surface area contributed by atoms with Crippen molar-refractivity contribution in [3.63, 3.8) is 0 Å². The maximum Gasteiger partial charge on any atom is 0.111 e. The van der Waals surface area contributed by atoms with Crippen molar-refractivity contribution in [1.29, 1.82) is 0 Å². The SMILES string of the molecule is Cc1nc2cc(-c3ccn[nH]3)sc2c2[nH]c(CCCN3CCOCC3)nc12. The van der Waals surface area contributed by atoms with Crippen LogP contribution >= 0.6 is 11.3 Å². The van der Waals surface area contributed by atoms with Crippen molar-refractivity contribution >= 4 is 32.6 Å². The summed E-state index contributed by atoms with van der Waals surface area (Å²) in [6, 6.07) is 4.11. The molecule has 1 aliphatic heterocycles. The standard InChI is InChI=1S/C19H22N6OS/c1-12-17-18(19-14(21-12)11-15(27-19)13-4-5-20-24-13)23-16(22-17)3-2-6-25-7-9-26-10-8-25/h4-5,11H,2-3,6-10H2,1H3,(H,20,24)(H,22,23). The monoisotopic (exact) mass is 382 g/mol. The quantitative estimate of drug-likeness (QED) is 0.554. The Hall–Kier alpha value is -2.29. The van der Waals surface area contributed by atoms with E-state index in [2.05, 4.69) is 26.1 Å². The molecule has 1 aliphatic rings. The molecule has 0 spiro atoms. The fraction of sp³-hybridized carbons (Fsp3) is 0.421. The Bertz CT molecular complexity index is 1060. The Labute approximate surface area is 160 Å². The summed E-state index contributed by atoms with van der Waals surface area (Å²) in [7, 11) is 0. The number of aryl methyl sites for hydroxylation is 2. The summed E-state index contributed by atoms with van der Waals surface area (Å²) in [4.78, 5) is 16.8. The first kappa shape index (κ1) is 16.9. The Balaban J connectivity index is 1.41. The number of nitrogens with one attached hydrogen (secondary N) is 2. The van der Waals surface area contributed by atoms with E-state index in [1.165, 1.54) is 0 Å². The van der Waals surface area contributed by atoms with Gasteiger partial charge in [-0.3, -0.25) is 10.00 Å². The van der Waals surface area contributed by atoms with Gasteiger partial charge in [-0.05, 0) is 32.0 Å². The van der Waals surface area contributed by atoms with Crippen LogP contribution in [0.2, 0.25) is 0 Å². The van der Waals surface area contributed by atoms with Crippen LogP contribution in [0, 0.1) is 6.92 Å². The number of hydrogen-bond donors (Lipinski definition) is 2. The van der Waals surface area contributed by atoms with Crippen LogP contribution in [0.5, 0.6) is 0 Å². The van der Waals surface area contributed by atoms with Gasteiger partial charge in [-0.15, -0.1) is 11.3 Å². The Morgan fingerprint density at radius 3 is 2.96 bits per heavy atom. The van der Waals surface area contributed by atoms with Gasteiger partial charge in [-0.25, -0.2) is 9.97 Å². The summed E-state index contributed by atoms with van der Waals surface area (Å²) < 4.78 is 6.57. The summed E-state index contributed by atoms with van der Waals surface area (Å²) in [5, 5.41) is 7.09. The number of fused-ring (bicyclic) bond motifs is 3. The van der Waals surface area contributed by atoms with Crippen molar-refractivity contribution in [3.05, 3.63) is 29.8 Å². The molecule has 7 nitrogen and oxygen atoms in total. The summed E-state index contributed by atoms with van der Waals surface area (Å²) in [5.41, 5.74) is 5.10. The lowest BCUT2D eigenvalue weighted by Gasteiger charge is -2.26. The number of aromatic amines is 2. The molecule has 0 atom stereocenters. The van der Waals surface area contributed by atoms with Gasteiger partial charge in [0, 0.05) is 25.7 Å². The zero-order chi connectivity index (χ0) is 18.2. The van der Waals surface area contributed by atoms with Crippen molar-refractivity contribution in [2.75, 3.05) is 32.8 Å². The fourth-order valence-corrected chi connectivity index (χ4v) is 4.74. The Morgan fingerprint density at radius 2 is 2.15 bits per heavy atom. The third-order valence-corrected chi connectivity index (χ3v) is 6.26. The highest BCUT2D eigenvalue weighted by Gasteiger charge is 2.16. The number of hydrogen-bond acceptors (Lipinski definition) is 6. The van der Waals surface area contributed by atoms with Gasteiger partial charge in [0.05, 0.1) is 45.2 Å². The van der Waals surface area contributed by atoms with E-state index in [1.54, 1.807) is 17.5 Å². The second kappa shape index (κ2) is 7.03. The van der Waals surface area contributed by atoms with Crippen molar-refractivity contribution in [1.82, 2.24) is 30.0 Å². The van der Waals surface area contributed by atoms with Crippen LogP contribution in [0.4, 0.5) is 0 Å². The molecule has 5 rings (SSSR count). The van der Waals surface area contributed by atoms with Gasteiger partial charge in [0.1, 0.15) is 11.3 Å². The average molecular weight is 382 g/mol. The first-order valence-corrected chi connectivity index (χ1v) is 10.2. The van der Waals surface area contributed by atoms with Crippen LogP contribution in [0.15, 0.2) is 18.3 Å². The minimum atomic E-state index is 0.852. The van der Waals surface area contributed by atoms with Crippen LogP contribution in [0.25, 0.3) is 31.8 Å². The number of nitrogens with zero attached hydrogens (tertiary/aromatic N) is 4. The predicted octanol–water partition coefficient (Wildman–Crippen LogP) is 3.14. The van der Waals surface area contributed by atoms with E-state index >= 15 is 0 Å². The molecule has 5 heterocycles. The first-order valence-electron chi connectivity index (χ1n) is 9.36. The molecule has 27 heavy (non-hydrogen) atoms. The van der Waals surface area contributed by atoms with Gasteiger partial charge in [0.15, 0.2) is 0 Å². The third-order valence-electron chi connectivity index (χ3n) is 5.08. The number of aromatic nitrogens is 5. The molecule has 4 aromatic rings. The van der Waals surface area contributed by atoms with E-state index in [4.69, 9.17) is 14.7 Å². The topological polar surface area (TPSA) is 82.7 Å². The molecule has 0 bridgehead atoms. The normalized spacial score (nSPS) is 15.9. The summed E-state index contributed by atoms with van der Waals surface area (Å²) in [6.07, 6.45) is 3.82. The van der Waals surface area contributed by atoms with Crippen LogP contribution in [0.1, 0.15) is 17.9 Å². The molecule has 0 radical (unpaired) electrons. The largest absolute Gasteiger partial charge is 0.379 e. The van der Waals surface area contributed by atoms with E-state index in [9.17, 15) is 0 Å². The van der Waals surface area contributed by atoms with E-state index in [0.717, 1.165) is 89.0 Å². The summed E-state index contributed by atoms with van der Waals surface area (Å²) in [5.74, 6) is 1.05. The molecule has 0 aromatic carbocycles. The summed E-state index contributed by atoms with van der Waals surface area (Å²) in [6.45, 7) is 6.91. The molecule has 0 saturated carbocycles. The van der Waals surface area contributed by atoms with E-state index in [1.807, 2.05) is 13.0 Å².